The molecule has 0 radical (unpaired) electrons. The number of carbonyl (C=O) groups excluding carboxylic acids is 1. The largest absolute Gasteiger partial charge is 0.457 e. The van der Waals surface area contributed by atoms with Gasteiger partial charge in [0.2, 0.25) is 0 Å². The van der Waals surface area contributed by atoms with E-state index < -0.39 is 5.82 Å². The third kappa shape index (κ3) is 3.83. The Morgan fingerprint density at radius 2 is 1.63 bits per heavy atom. The van der Waals surface area contributed by atoms with Crippen LogP contribution < -0.4 is 10.5 Å². The fourth-order valence-corrected chi connectivity index (χ4v) is 5.95. The maximum atomic E-state index is 14.7. The molecule has 2 aromatic rings. The first-order chi connectivity index (χ1) is 14.6. The Balaban J connectivity index is 1.36. The van der Waals surface area contributed by atoms with Gasteiger partial charge in [0, 0.05) is 12.6 Å². The zero-order valence-electron chi connectivity index (χ0n) is 17.2. The van der Waals surface area contributed by atoms with Crippen LogP contribution >= 0.6 is 0 Å². The third-order valence-corrected chi connectivity index (χ3v) is 7.13. The van der Waals surface area contributed by atoms with Crippen molar-refractivity contribution in [2.24, 2.45) is 23.5 Å². The van der Waals surface area contributed by atoms with Gasteiger partial charge in [-0.25, -0.2) is 4.39 Å². The Labute approximate surface area is 177 Å². The number of amides is 1. The van der Waals surface area contributed by atoms with Crippen molar-refractivity contribution < 1.29 is 13.9 Å². The molecule has 2 aliphatic carbocycles. The molecule has 4 fully saturated rings. The average Bonchev–Trinajstić information content (AvgIpc) is 2.94. The number of benzene rings is 2. The lowest BCUT2D eigenvalue weighted by Gasteiger charge is -2.39. The van der Waals surface area contributed by atoms with Crippen LogP contribution in [0.3, 0.4) is 0 Å². The molecule has 2 atom stereocenters. The summed E-state index contributed by atoms with van der Waals surface area (Å²) in [5.74, 6) is 2.53. The number of ether oxygens (including phenoxy) is 1. The summed E-state index contributed by atoms with van der Waals surface area (Å²) >= 11 is 0. The fourth-order valence-electron chi connectivity index (χ4n) is 5.95. The molecule has 4 nitrogen and oxygen atoms in total. The quantitative estimate of drug-likeness (QED) is 0.775. The van der Waals surface area contributed by atoms with Crippen LogP contribution in [0.4, 0.5) is 4.39 Å². The van der Waals surface area contributed by atoms with Gasteiger partial charge in [0.1, 0.15) is 17.3 Å². The maximum absolute atomic E-state index is 14.7. The second-order valence-corrected chi connectivity index (χ2v) is 9.31. The van der Waals surface area contributed by atoms with Crippen LogP contribution in [0.15, 0.2) is 42.5 Å². The minimum Gasteiger partial charge on any atom is -0.457 e. The van der Waals surface area contributed by atoms with E-state index in [9.17, 15) is 9.18 Å². The van der Waals surface area contributed by atoms with Crippen molar-refractivity contribution in [3.63, 3.8) is 0 Å². The molecule has 2 saturated heterocycles. The van der Waals surface area contributed by atoms with Crippen LogP contribution in [0.25, 0.3) is 0 Å². The number of halogens is 1. The van der Waals surface area contributed by atoms with Gasteiger partial charge in [-0.05, 0) is 98.7 Å². The van der Waals surface area contributed by atoms with Crippen molar-refractivity contribution in [1.82, 2.24) is 4.90 Å². The molecule has 2 N–H and O–H groups in total. The lowest BCUT2D eigenvalue weighted by atomic mass is 9.68. The number of nitrogens with two attached hydrogens (primary N) is 1. The first-order valence-electron chi connectivity index (χ1n) is 11.2. The van der Waals surface area contributed by atoms with E-state index in [2.05, 4.69) is 0 Å². The Bertz CT molecular complexity index is 915. The predicted molar refractivity (Wildman–Crippen MR) is 114 cm³/mol. The Kier molecular flexibility index (Phi) is 5.23. The van der Waals surface area contributed by atoms with Crippen LogP contribution in [0.5, 0.6) is 11.5 Å². The maximum Gasteiger partial charge on any atom is 0.257 e. The SMILES string of the molecule is NCCc1ccc(Oc2ccc(F)c(C(=O)N3CC4CC5CC(C4)CC3C5)c2)cc1. The van der Waals surface area contributed by atoms with E-state index in [0.717, 1.165) is 43.2 Å². The van der Waals surface area contributed by atoms with E-state index in [1.165, 1.54) is 25.3 Å². The van der Waals surface area contributed by atoms with E-state index in [1.54, 1.807) is 12.1 Å². The first kappa shape index (κ1) is 19.6. The predicted octanol–water partition coefficient (Wildman–Crippen LogP) is 4.77. The van der Waals surface area contributed by atoms with Crippen molar-refractivity contribution in [3.8, 4) is 11.5 Å². The number of carbonyl (C=O) groups is 1. The molecule has 2 saturated carbocycles. The summed E-state index contributed by atoms with van der Waals surface area (Å²) in [7, 11) is 0. The van der Waals surface area contributed by atoms with Gasteiger partial charge in [0.15, 0.2) is 0 Å². The van der Waals surface area contributed by atoms with Gasteiger partial charge in [0.05, 0.1) is 5.56 Å². The lowest BCUT2D eigenvalue weighted by Crippen LogP contribution is -2.42. The molecule has 0 aromatic heterocycles. The van der Waals surface area contributed by atoms with E-state index in [-0.39, 0.29) is 17.5 Å². The Morgan fingerprint density at radius 3 is 2.33 bits per heavy atom. The summed E-state index contributed by atoms with van der Waals surface area (Å²) in [6.45, 7) is 1.37. The standard InChI is InChI=1S/C25H29FN2O2/c26-24-6-5-22(30-21-3-1-16(2-4-21)7-8-27)14-23(24)25(29)28-15-19-10-17-9-18(11-19)13-20(28)12-17/h1-6,14,17-20H,7-13,15,27H2. The number of hydrogen-bond donors (Lipinski definition) is 1. The molecule has 2 unspecified atom stereocenters. The molecule has 30 heavy (non-hydrogen) atoms. The summed E-state index contributed by atoms with van der Waals surface area (Å²) in [4.78, 5) is 15.3. The van der Waals surface area contributed by atoms with Crippen molar-refractivity contribution in [2.45, 2.75) is 44.6 Å². The molecule has 158 valence electrons. The van der Waals surface area contributed by atoms with Crippen molar-refractivity contribution in [1.29, 1.82) is 0 Å². The average molecular weight is 409 g/mol. The number of hydrogen-bond acceptors (Lipinski definition) is 3. The molecule has 2 aliphatic heterocycles. The molecule has 5 heteroatoms. The molecule has 1 amide bonds. The smallest absolute Gasteiger partial charge is 0.257 e. The molecule has 0 spiro atoms. The van der Waals surface area contributed by atoms with Gasteiger partial charge in [-0.15, -0.1) is 0 Å². The van der Waals surface area contributed by atoms with Gasteiger partial charge >= 0.3 is 0 Å². The summed E-state index contributed by atoms with van der Waals surface area (Å²) in [5, 5.41) is 0. The van der Waals surface area contributed by atoms with Crippen LogP contribution in [0, 0.1) is 23.6 Å². The third-order valence-electron chi connectivity index (χ3n) is 7.13. The van der Waals surface area contributed by atoms with Crippen molar-refractivity contribution in [3.05, 3.63) is 59.4 Å². The molecule has 2 heterocycles. The van der Waals surface area contributed by atoms with Gasteiger partial charge in [-0.1, -0.05) is 12.1 Å². The number of nitrogens with zero attached hydrogens (tertiary/aromatic N) is 1. The topological polar surface area (TPSA) is 55.6 Å². The van der Waals surface area contributed by atoms with E-state index in [1.807, 2.05) is 29.2 Å². The zero-order valence-corrected chi connectivity index (χ0v) is 17.2. The highest BCUT2D eigenvalue weighted by Gasteiger charge is 2.44. The van der Waals surface area contributed by atoms with Crippen LogP contribution in [0.1, 0.15) is 48.0 Å². The summed E-state index contributed by atoms with van der Waals surface area (Å²) in [5.41, 5.74) is 6.85. The highest BCUT2D eigenvalue weighted by Crippen LogP contribution is 2.47. The van der Waals surface area contributed by atoms with Gasteiger partial charge < -0.3 is 15.4 Å². The molecule has 6 rings (SSSR count). The highest BCUT2D eigenvalue weighted by molar-refractivity contribution is 5.95. The van der Waals surface area contributed by atoms with E-state index in [4.69, 9.17) is 10.5 Å². The van der Waals surface area contributed by atoms with Crippen LogP contribution in [-0.4, -0.2) is 29.9 Å². The monoisotopic (exact) mass is 408 g/mol. The molecular weight excluding hydrogens is 379 g/mol. The van der Waals surface area contributed by atoms with Crippen LogP contribution in [0.2, 0.25) is 0 Å². The highest BCUT2D eigenvalue weighted by atomic mass is 19.1. The van der Waals surface area contributed by atoms with Crippen LogP contribution in [-0.2, 0) is 6.42 Å². The molecule has 2 aromatic carbocycles. The number of fused-ring (bicyclic) bond motifs is 1. The lowest BCUT2D eigenvalue weighted by molar-refractivity contribution is 0.0627. The minimum absolute atomic E-state index is 0.119. The molecule has 4 aliphatic rings. The van der Waals surface area contributed by atoms with Gasteiger partial charge in [-0.2, -0.15) is 0 Å². The molecule has 4 bridgehead atoms. The summed E-state index contributed by atoms with van der Waals surface area (Å²) < 4.78 is 20.6. The van der Waals surface area contributed by atoms with Gasteiger partial charge in [0.25, 0.3) is 5.91 Å². The van der Waals surface area contributed by atoms with E-state index in [0.29, 0.717) is 24.0 Å². The number of rotatable bonds is 5. The van der Waals surface area contributed by atoms with Crippen molar-refractivity contribution >= 4 is 5.91 Å². The Morgan fingerprint density at radius 1 is 0.967 bits per heavy atom. The first-order valence-corrected chi connectivity index (χ1v) is 11.2. The molecular formula is C25H29FN2O2. The van der Waals surface area contributed by atoms with Gasteiger partial charge in [-0.3, -0.25) is 4.79 Å². The van der Waals surface area contributed by atoms with E-state index >= 15 is 0 Å². The normalized spacial score (nSPS) is 27.2. The zero-order chi connectivity index (χ0) is 20.7. The Hall–Kier alpha value is -2.40. The second-order valence-electron chi connectivity index (χ2n) is 9.31. The minimum atomic E-state index is -0.477. The fraction of sp³-hybridized carbons (Fsp3) is 0.480. The summed E-state index contributed by atoms with van der Waals surface area (Å²) in [6.07, 6.45) is 6.73. The summed E-state index contributed by atoms with van der Waals surface area (Å²) in [6, 6.07) is 12.4. The van der Waals surface area contributed by atoms with Crippen molar-refractivity contribution in [2.75, 3.05) is 13.1 Å². The second kappa shape index (κ2) is 8.03.